The molecule has 3 aromatic carbocycles. The van der Waals surface area contributed by atoms with Crippen LogP contribution in [0.2, 0.25) is 0 Å². The predicted octanol–water partition coefficient (Wildman–Crippen LogP) is 4.84. The van der Waals surface area contributed by atoms with Gasteiger partial charge in [-0.15, -0.1) is 0 Å². The van der Waals surface area contributed by atoms with Gasteiger partial charge in [0.1, 0.15) is 30.0 Å². The number of rotatable bonds is 8. The Morgan fingerprint density at radius 3 is 2.67 bits per heavy atom. The minimum Gasteiger partial charge on any atom is -0.461 e. The van der Waals surface area contributed by atoms with Crippen LogP contribution in [0.3, 0.4) is 0 Å². The van der Waals surface area contributed by atoms with Gasteiger partial charge in [-0.25, -0.2) is 9.59 Å². The fourth-order valence-electron chi connectivity index (χ4n) is 4.09. The van der Waals surface area contributed by atoms with Gasteiger partial charge in [0, 0.05) is 23.5 Å². The first-order valence-electron chi connectivity index (χ1n) is 11.5. The number of halogens is 1. The van der Waals surface area contributed by atoms with E-state index < -0.39 is 24.2 Å². The molecular weight excluding hydrogens is 526 g/mol. The van der Waals surface area contributed by atoms with E-state index in [0.29, 0.717) is 4.61 Å². The summed E-state index contributed by atoms with van der Waals surface area (Å²) in [6.45, 7) is 0.0745. The highest BCUT2D eigenvalue weighted by Crippen LogP contribution is 2.20. The van der Waals surface area contributed by atoms with Gasteiger partial charge < -0.3 is 19.8 Å². The van der Waals surface area contributed by atoms with Crippen molar-refractivity contribution in [3.63, 3.8) is 0 Å². The summed E-state index contributed by atoms with van der Waals surface area (Å²) in [5.74, 6) is -0.581. The minimum atomic E-state index is -0.949. The number of carbonyl (C=O) groups is 2. The van der Waals surface area contributed by atoms with Crippen LogP contribution < -0.4 is 10.8 Å². The number of hydrogen-bond acceptors (Lipinski definition) is 6. The van der Waals surface area contributed by atoms with Crippen LogP contribution in [0.15, 0.2) is 83.6 Å². The summed E-state index contributed by atoms with van der Waals surface area (Å²) < 4.78 is 11.6. The lowest BCUT2D eigenvalue weighted by Gasteiger charge is -2.18. The Labute approximate surface area is 215 Å². The van der Waals surface area contributed by atoms with E-state index >= 15 is 0 Å². The molecule has 2 heterocycles. The molecule has 36 heavy (non-hydrogen) atoms. The Kier molecular flexibility index (Phi) is 7.20. The fraction of sp³-hybridized carbons (Fsp3) is 0.185. The van der Waals surface area contributed by atoms with E-state index in [1.54, 1.807) is 6.08 Å². The molecule has 8 nitrogen and oxygen atoms in total. The molecule has 0 radical (unpaired) electrons. The van der Waals surface area contributed by atoms with Crippen molar-refractivity contribution in [2.45, 2.75) is 25.2 Å². The maximum absolute atomic E-state index is 13.0. The Hall–Kier alpha value is -3.82. The third-order valence-corrected chi connectivity index (χ3v) is 6.32. The van der Waals surface area contributed by atoms with Gasteiger partial charge in [0.2, 0.25) is 0 Å². The topological polar surface area (TPSA) is 102 Å². The molecule has 0 spiro atoms. The van der Waals surface area contributed by atoms with Crippen LogP contribution in [-0.4, -0.2) is 35.8 Å². The van der Waals surface area contributed by atoms with Gasteiger partial charge in [0.05, 0.1) is 0 Å². The molecule has 0 bridgehead atoms. The minimum absolute atomic E-state index is 0.000858. The molecule has 184 valence electrons. The van der Waals surface area contributed by atoms with Gasteiger partial charge in [0.25, 0.3) is 0 Å². The third kappa shape index (κ3) is 5.69. The number of fused-ring (bicyclic) bond motifs is 2. The zero-order chi connectivity index (χ0) is 24.9. The molecular formula is C27H24BrN3O5. The van der Waals surface area contributed by atoms with Gasteiger partial charge in [-0.3, -0.25) is 10.3 Å². The maximum Gasteiger partial charge on any atom is 0.408 e. The first-order valence-corrected chi connectivity index (χ1v) is 12.3. The molecule has 0 saturated carbocycles. The number of H-pyrrole nitrogens is 1. The number of hydrogen-bond donors (Lipinski definition) is 3. The number of para-hydroxylation sites is 1. The van der Waals surface area contributed by atoms with Crippen LogP contribution >= 0.6 is 15.9 Å². The lowest BCUT2D eigenvalue weighted by molar-refractivity contribution is -0.149. The van der Waals surface area contributed by atoms with Crippen LogP contribution in [0.4, 0.5) is 4.79 Å². The molecule has 1 aromatic heterocycles. The summed E-state index contributed by atoms with van der Waals surface area (Å²) in [5.41, 5.74) is 5.32. The van der Waals surface area contributed by atoms with E-state index in [1.165, 1.54) is 0 Å². The van der Waals surface area contributed by atoms with Crippen LogP contribution in [0.5, 0.6) is 0 Å². The fourth-order valence-corrected chi connectivity index (χ4v) is 4.47. The average Bonchev–Trinajstić information content (AvgIpc) is 3.51. The van der Waals surface area contributed by atoms with Crippen molar-refractivity contribution in [2.24, 2.45) is 0 Å². The normalized spacial score (nSPS) is 15.8. The van der Waals surface area contributed by atoms with Crippen molar-refractivity contribution < 1.29 is 23.9 Å². The van der Waals surface area contributed by atoms with E-state index in [-0.39, 0.29) is 19.6 Å². The van der Waals surface area contributed by atoms with Crippen molar-refractivity contribution in [1.29, 1.82) is 0 Å². The van der Waals surface area contributed by atoms with Gasteiger partial charge in [-0.05, 0) is 56.0 Å². The number of amides is 1. The van der Waals surface area contributed by atoms with Crippen molar-refractivity contribution in [1.82, 2.24) is 15.8 Å². The SMILES string of the molecule is O=C(N[C@@H](Cc1c[nH]c2ccccc12)C(=O)OC[C@H]1C=C(Br)NO1)OCc1ccc2ccccc2c1. The molecule has 0 saturated heterocycles. The smallest absolute Gasteiger partial charge is 0.408 e. The van der Waals surface area contributed by atoms with Gasteiger partial charge in [-0.2, -0.15) is 0 Å². The largest absolute Gasteiger partial charge is 0.461 e. The first kappa shape index (κ1) is 23.9. The van der Waals surface area contributed by atoms with Crippen molar-refractivity contribution in [3.8, 4) is 0 Å². The van der Waals surface area contributed by atoms with E-state index in [2.05, 4.69) is 31.7 Å². The van der Waals surface area contributed by atoms with E-state index in [0.717, 1.165) is 32.8 Å². The quantitative estimate of drug-likeness (QED) is 0.215. The average molecular weight is 550 g/mol. The summed E-state index contributed by atoms with van der Waals surface area (Å²) in [5, 5.41) is 5.82. The second kappa shape index (κ2) is 10.8. The third-order valence-electron chi connectivity index (χ3n) is 5.89. The Morgan fingerprint density at radius 2 is 1.83 bits per heavy atom. The lowest BCUT2D eigenvalue weighted by Crippen LogP contribution is -2.44. The molecule has 4 aromatic rings. The van der Waals surface area contributed by atoms with Crippen molar-refractivity contribution in [2.75, 3.05) is 6.61 Å². The molecule has 1 aliphatic heterocycles. The van der Waals surface area contributed by atoms with E-state index in [9.17, 15) is 9.59 Å². The molecule has 9 heteroatoms. The Bertz CT molecular complexity index is 1430. The molecule has 5 rings (SSSR count). The second-order valence-electron chi connectivity index (χ2n) is 8.42. The zero-order valence-electron chi connectivity index (χ0n) is 19.2. The number of aromatic nitrogens is 1. The first-order chi connectivity index (χ1) is 17.5. The molecule has 3 N–H and O–H groups in total. The number of esters is 1. The lowest BCUT2D eigenvalue weighted by atomic mass is 10.1. The standard InChI is InChI=1S/C27H24BrN3O5/c28-25-13-21(36-31-25)16-34-26(32)24(12-20-14-29-23-8-4-3-7-22(20)23)30-27(33)35-15-17-9-10-18-5-1-2-6-19(18)11-17/h1-11,13-14,21,24,29,31H,12,15-16H2,(H,30,33)/t21-,24+/m1/s1. The monoisotopic (exact) mass is 549 g/mol. The van der Waals surface area contributed by atoms with E-state index in [1.807, 2.05) is 72.9 Å². The number of aromatic amines is 1. The summed E-state index contributed by atoms with van der Waals surface area (Å²) in [7, 11) is 0. The van der Waals surface area contributed by atoms with Crippen LogP contribution in [-0.2, 0) is 32.1 Å². The zero-order valence-corrected chi connectivity index (χ0v) is 20.8. The van der Waals surface area contributed by atoms with Crippen LogP contribution in [0, 0.1) is 0 Å². The van der Waals surface area contributed by atoms with Gasteiger partial charge >= 0.3 is 12.1 Å². The molecule has 0 fully saturated rings. The van der Waals surface area contributed by atoms with E-state index in [4.69, 9.17) is 14.3 Å². The highest BCUT2D eigenvalue weighted by atomic mass is 79.9. The molecule has 1 aliphatic rings. The number of benzene rings is 3. The molecule has 1 amide bonds. The van der Waals surface area contributed by atoms with Crippen molar-refractivity contribution >= 4 is 49.7 Å². The number of alkyl carbamates (subject to hydrolysis) is 1. The van der Waals surface area contributed by atoms with Crippen LogP contribution in [0.1, 0.15) is 11.1 Å². The van der Waals surface area contributed by atoms with Gasteiger partial charge in [-0.1, -0.05) is 54.6 Å². The Morgan fingerprint density at radius 1 is 1.03 bits per heavy atom. The summed E-state index contributed by atoms with van der Waals surface area (Å²) in [6.07, 6.45) is 2.67. The molecule has 0 aliphatic carbocycles. The molecule has 2 atom stereocenters. The summed E-state index contributed by atoms with van der Waals surface area (Å²) in [4.78, 5) is 34.1. The Balaban J connectivity index is 1.26. The number of ether oxygens (including phenoxy) is 2. The number of carbonyl (C=O) groups excluding carboxylic acids is 2. The number of nitrogens with one attached hydrogen (secondary N) is 3. The van der Waals surface area contributed by atoms with Crippen molar-refractivity contribution in [3.05, 3.63) is 94.7 Å². The molecule has 0 unspecified atom stereocenters. The summed E-state index contributed by atoms with van der Waals surface area (Å²) in [6, 6.07) is 20.6. The number of hydroxylamine groups is 1. The highest BCUT2D eigenvalue weighted by molar-refractivity contribution is 9.11. The summed E-state index contributed by atoms with van der Waals surface area (Å²) >= 11 is 3.27. The maximum atomic E-state index is 13.0. The second-order valence-corrected chi connectivity index (χ2v) is 9.28. The highest BCUT2D eigenvalue weighted by Gasteiger charge is 2.26. The van der Waals surface area contributed by atoms with Gasteiger partial charge in [0.15, 0.2) is 0 Å². The predicted molar refractivity (Wildman–Crippen MR) is 139 cm³/mol. The van der Waals surface area contributed by atoms with Crippen LogP contribution in [0.25, 0.3) is 21.7 Å².